The summed E-state index contributed by atoms with van der Waals surface area (Å²) in [6.07, 6.45) is 0.922. The fourth-order valence-corrected chi connectivity index (χ4v) is 1.72. The molecule has 0 bridgehead atoms. The van der Waals surface area contributed by atoms with E-state index < -0.39 is 5.97 Å². The van der Waals surface area contributed by atoms with Crippen LogP contribution in [0.5, 0.6) is 0 Å². The second-order valence-electron chi connectivity index (χ2n) is 4.74. The normalized spacial score (nSPS) is 12.5. The molecule has 0 saturated carbocycles. The summed E-state index contributed by atoms with van der Waals surface area (Å²) >= 11 is 0. The SMILES string of the molecule is CCc1cc(NC(CC(=O)O)C(C)C)nc(C)n1. The molecule has 0 amide bonds. The highest BCUT2D eigenvalue weighted by atomic mass is 16.4. The molecule has 100 valence electrons. The van der Waals surface area contributed by atoms with Gasteiger partial charge in [-0.2, -0.15) is 0 Å². The first-order valence-electron chi connectivity index (χ1n) is 6.25. The summed E-state index contributed by atoms with van der Waals surface area (Å²) in [6.45, 7) is 7.86. The lowest BCUT2D eigenvalue weighted by atomic mass is 10.0. The van der Waals surface area contributed by atoms with E-state index in [1.807, 2.05) is 33.8 Å². The Bertz CT molecular complexity index is 419. The van der Waals surface area contributed by atoms with Crippen molar-refractivity contribution in [1.82, 2.24) is 9.97 Å². The number of carboxylic acids is 1. The van der Waals surface area contributed by atoms with Gasteiger partial charge in [0.25, 0.3) is 0 Å². The average Bonchev–Trinajstić information content (AvgIpc) is 2.26. The maximum absolute atomic E-state index is 10.8. The number of hydrogen-bond acceptors (Lipinski definition) is 4. The Morgan fingerprint density at radius 3 is 2.61 bits per heavy atom. The fraction of sp³-hybridized carbons (Fsp3) is 0.615. The Labute approximate surface area is 108 Å². The van der Waals surface area contributed by atoms with Crippen molar-refractivity contribution in [1.29, 1.82) is 0 Å². The summed E-state index contributed by atoms with van der Waals surface area (Å²) in [4.78, 5) is 19.4. The molecular weight excluding hydrogens is 230 g/mol. The van der Waals surface area contributed by atoms with Crippen LogP contribution in [0.4, 0.5) is 5.82 Å². The molecule has 0 saturated heterocycles. The van der Waals surface area contributed by atoms with Gasteiger partial charge in [-0.1, -0.05) is 20.8 Å². The van der Waals surface area contributed by atoms with Crippen LogP contribution in [0, 0.1) is 12.8 Å². The molecule has 1 aromatic rings. The molecule has 1 atom stereocenters. The molecule has 0 aliphatic heterocycles. The molecule has 18 heavy (non-hydrogen) atoms. The molecule has 2 N–H and O–H groups in total. The first-order valence-corrected chi connectivity index (χ1v) is 6.25. The molecular formula is C13H21N3O2. The van der Waals surface area contributed by atoms with Gasteiger partial charge in [-0.15, -0.1) is 0 Å². The quantitative estimate of drug-likeness (QED) is 0.811. The van der Waals surface area contributed by atoms with Crippen LogP contribution in [-0.4, -0.2) is 27.1 Å². The van der Waals surface area contributed by atoms with E-state index in [0.29, 0.717) is 11.6 Å². The maximum Gasteiger partial charge on any atom is 0.305 e. The lowest BCUT2D eigenvalue weighted by molar-refractivity contribution is -0.137. The second-order valence-corrected chi connectivity index (χ2v) is 4.74. The molecule has 0 aliphatic carbocycles. The fourth-order valence-electron chi connectivity index (χ4n) is 1.72. The predicted octanol–water partition coefficient (Wildman–Crippen LogP) is 2.26. The molecule has 0 radical (unpaired) electrons. The Morgan fingerprint density at radius 2 is 2.11 bits per heavy atom. The van der Waals surface area contributed by atoms with Crippen LogP contribution in [-0.2, 0) is 11.2 Å². The van der Waals surface area contributed by atoms with E-state index in [0.717, 1.165) is 12.1 Å². The third-order valence-electron chi connectivity index (χ3n) is 2.79. The van der Waals surface area contributed by atoms with Crippen molar-refractivity contribution < 1.29 is 9.90 Å². The zero-order chi connectivity index (χ0) is 13.7. The van der Waals surface area contributed by atoms with Gasteiger partial charge in [-0.25, -0.2) is 9.97 Å². The van der Waals surface area contributed by atoms with Crippen LogP contribution in [0.1, 0.15) is 38.7 Å². The zero-order valence-corrected chi connectivity index (χ0v) is 11.4. The number of anilines is 1. The molecule has 1 rings (SSSR count). The highest BCUT2D eigenvalue weighted by molar-refractivity contribution is 5.68. The van der Waals surface area contributed by atoms with Gasteiger partial charge in [0.15, 0.2) is 0 Å². The number of carboxylic acid groups (broad SMARTS) is 1. The van der Waals surface area contributed by atoms with Gasteiger partial charge in [0, 0.05) is 17.8 Å². The minimum absolute atomic E-state index is 0.0855. The van der Waals surface area contributed by atoms with Crippen LogP contribution in [0.3, 0.4) is 0 Å². The molecule has 0 spiro atoms. The molecule has 5 heteroatoms. The number of aromatic nitrogens is 2. The Balaban J connectivity index is 2.86. The van der Waals surface area contributed by atoms with Crippen molar-refractivity contribution in [2.75, 3.05) is 5.32 Å². The molecule has 1 unspecified atom stereocenters. The van der Waals surface area contributed by atoms with E-state index >= 15 is 0 Å². The lowest BCUT2D eigenvalue weighted by Gasteiger charge is -2.21. The van der Waals surface area contributed by atoms with Crippen molar-refractivity contribution in [3.63, 3.8) is 0 Å². The third-order valence-corrected chi connectivity index (χ3v) is 2.79. The summed E-state index contributed by atoms with van der Waals surface area (Å²) in [6, 6.07) is 1.76. The number of carbonyl (C=O) groups is 1. The van der Waals surface area contributed by atoms with E-state index in [-0.39, 0.29) is 18.4 Å². The number of aryl methyl sites for hydroxylation is 2. The van der Waals surface area contributed by atoms with Crippen molar-refractivity contribution in [2.24, 2.45) is 5.92 Å². The molecule has 1 heterocycles. The lowest BCUT2D eigenvalue weighted by Crippen LogP contribution is -2.29. The number of aliphatic carboxylic acids is 1. The summed E-state index contributed by atoms with van der Waals surface area (Å²) in [7, 11) is 0. The molecule has 0 aromatic carbocycles. The highest BCUT2D eigenvalue weighted by Gasteiger charge is 2.17. The minimum atomic E-state index is -0.803. The van der Waals surface area contributed by atoms with Crippen LogP contribution >= 0.6 is 0 Å². The first-order chi connectivity index (χ1) is 8.42. The Hall–Kier alpha value is -1.65. The second kappa shape index (κ2) is 6.33. The van der Waals surface area contributed by atoms with Gasteiger partial charge in [-0.05, 0) is 19.3 Å². The summed E-state index contributed by atoms with van der Waals surface area (Å²) in [5, 5.41) is 12.1. The van der Waals surface area contributed by atoms with Crippen molar-refractivity contribution in [2.45, 2.75) is 46.6 Å². The highest BCUT2D eigenvalue weighted by Crippen LogP contribution is 2.15. The summed E-state index contributed by atoms with van der Waals surface area (Å²) in [5.74, 6) is 0.832. The Morgan fingerprint density at radius 1 is 1.44 bits per heavy atom. The van der Waals surface area contributed by atoms with Crippen LogP contribution < -0.4 is 5.32 Å². The molecule has 0 fully saturated rings. The molecule has 0 aliphatic rings. The summed E-state index contributed by atoms with van der Waals surface area (Å²) in [5.41, 5.74) is 0.961. The average molecular weight is 251 g/mol. The van der Waals surface area contributed by atoms with E-state index in [9.17, 15) is 4.79 Å². The number of nitrogens with zero attached hydrogens (tertiary/aromatic N) is 2. The van der Waals surface area contributed by atoms with Crippen molar-refractivity contribution in [3.8, 4) is 0 Å². The number of nitrogens with one attached hydrogen (secondary N) is 1. The monoisotopic (exact) mass is 251 g/mol. The van der Waals surface area contributed by atoms with E-state index in [4.69, 9.17) is 5.11 Å². The van der Waals surface area contributed by atoms with Crippen LogP contribution in [0.15, 0.2) is 6.07 Å². The standard InChI is InChI=1S/C13H21N3O2/c1-5-10-6-12(15-9(4)14-10)16-11(8(2)3)7-13(17)18/h6,8,11H,5,7H2,1-4H3,(H,17,18)(H,14,15,16). The molecule has 1 aromatic heterocycles. The maximum atomic E-state index is 10.8. The topological polar surface area (TPSA) is 75.1 Å². The van der Waals surface area contributed by atoms with Crippen LogP contribution in [0.25, 0.3) is 0 Å². The zero-order valence-electron chi connectivity index (χ0n) is 11.4. The van der Waals surface area contributed by atoms with E-state index in [1.165, 1.54) is 0 Å². The molecule has 5 nitrogen and oxygen atoms in total. The summed E-state index contributed by atoms with van der Waals surface area (Å²) < 4.78 is 0. The van der Waals surface area contributed by atoms with Crippen LogP contribution in [0.2, 0.25) is 0 Å². The van der Waals surface area contributed by atoms with Gasteiger partial charge >= 0.3 is 5.97 Å². The Kier molecular flexibility index (Phi) is 5.07. The third kappa shape index (κ3) is 4.31. The van der Waals surface area contributed by atoms with Crippen molar-refractivity contribution >= 4 is 11.8 Å². The number of hydrogen-bond donors (Lipinski definition) is 2. The van der Waals surface area contributed by atoms with Gasteiger partial charge in [0.1, 0.15) is 11.6 Å². The van der Waals surface area contributed by atoms with Crippen molar-refractivity contribution in [3.05, 3.63) is 17.6 Å². The predicted molar refractivity (Wildman–Crippen MR) is 70.6 cm³/mol. The largest absolute Gasteiger partial charge is 0.481 e. The number of rotatable bonds is 6. The van der Waals surface area contributed by atoms with Gasteiger partial charge in [0.05, 0.1) is 6.42 Å². The van der Waals surface area contributed by atoms with E-state index in [2.05, 4.69) is 15.3 Å². The minimum Gasteiger partial charge on any atom is -0.481 e. The van der Waals surface area contributed by atoms with Gasteiger partial charge in [0.2, 0.25) is 0 Å². The van der Waals surface area contributed by atoms with Gasteiger partial charge in [-0.3, -0.25) is 4.79 Å². The van der Waals surface area contributed by atoms with Gasteiger partial charge < -0.3 is 10.4 Å². The first kappa shape index (κ1) is 14.4. The van der Waals surface area contributed by atoms with E-state index in [1.54, 1.807) is 0 Å². The smallest absolute Gasteiger partial charge is 0.305 e.